The van der Waals surface area contributed by atoms with E-state index in [-0.39, 0.29) is 23.6 Å². The number of thioether (sulfide) groups is 1. The van der Waals surface area contributed by atoms with Crippen molar-refractivity contribution in [3.63, 3.8) is 0 Å². The molecule has 2 aromatic rings. The smallest absolute Gasteiger partial charge is 0.327 e. The van der Waals surface area contributed by atoms with Gasteiger partial charge in [0.2, 0.25) is 5.91 Å². The van der Waals surface area contributed by atoms with Crippen molar-refractivity contribution in [3.8, 4) is 0 Å². The minimum Gasteiger partial charge on any atom is -0.480 e. The summed E-state index contributed by atoms with van der Waals surface area (Å²) in [6.45, 7) is 5.34. The zero-order chi connectivity index (χ0) is 22.4. The van der Waals surface area contributed by atoms with E-state index in [1.807, 2.05) is 56.3 Å². The molecule has 7 heteroatoms. The lowest BCUT2D eigenvalue weighted by atomic mass is 9.86. The number of fused-ring (bicyclic) bond motifs is 1. The molecule has 2 fully saturated rings. The monoisotopic (exact) mass is 438 g/mol. The van der Waals surface area contributed by atoms with Crippen LogP contribution in [0.1, 0.15) is 37.5 Å². The summed E-state index contributed by atoms with van der Waals surface area (Å²) >= 11 is 1.43. The Labute approximate surface area is 186 Å². The maximum atomic E-state index is 12.9. The van der Waals surface area contributed by atoms with Gasteiger partial charge in [0, 0.05) is 4.75 Å². The molecular weight excluding hydrogens is 412 g/mol. The van der Waals surface area contributed by atoms with E-state index in [9.17, 15) is 19.5 Å². The van der Waals surface area contributed by atoms with Crippen LogP contribution in [0.2, 0.25) is 0 Å². The fourth-order valence-electron chi connectivity index (χ4n) is 4.56. The Hall–Kier alpha value is -2.80. The normalized spacial score (nSPS) is 26.2. The third-order valence-corrected chi connectivity index (χ3v) is 7.87. The van der Waals surface area contributed by atoms with Crippen LogP contribution in [-0.2, 0) is 27.2 Å². The maximum Gasteiger partial charge on any atom is 0.327 e. The van der Waals surface area contributed by atoms with Gasteiger partial charge in [0.25, 0.3) is 5.91 Å². The molecule has 2 aliphatic rings. The Balaban J connectivity index is 1.48. The largest absolute Gasteiger partial charge is 0.480 e. The highest BCUT2D eigenvalue weighted by Gasteiger charge is 2.70. The number of hydrogen-bond acceptors (Lipinski definition) is 4. The van der Waals surface area contributed by atoms with Gasteiger partial charge in [-0.25, -0.2) is 4.79 Å². The second kappa shape index (κ2) is 7.71. The van der Waals surface area contributed by atoms with E-state index >= 15 is 0 Å². The molecule has 2 amide bonds. The number of carbonyl (C=O) groups is 3. The van der Waals surface area contributed by atoms with Crippen LogP contribution in [0.3, 0.4) is 0 Å². The standard InChI is InChI=1S/C24H26N2O4S/c1-23(2)19(20(28)29)26-21(30)24(3,22(26)31-23)25-18(27)14-17-12-8-7-11-16(17)13-15-9-5-4-6-10-15/h4-12,19,22H,13-14H2,1-3H3,(H,25,27)(H,28,29)/t19-,22+,24-/m0/s1. The summed E-state index contributed by atoms with van der Waals surface area (Å²) in [6, 6.07) is 17.0. The molecule has 0 radical (unpaired) electrons. The van der Waals surface area contributed by atoms with Gasteiger partial charge in [-0.1, -0.05) is 54.6 Å². The molecule has 2 heterocycles. The predicted molar refractivity (Wildman–Crippen MR) is 120 cm³/mol. The average molecular weight is 439 g/mol. The molecule has 162 valence electrons. The molecule has 2 aromatic carbocycles. The van der Waals surface area contributed by atoms with Gasteiger partial charge < -0.3 is 15.3 Å². The number of nitrogens with one attached hydrogen (secondary N) is 1. The summed E-state index contributed by atoms with van der Waals surface area (Å²) in [5, 5.41) is 12.1. The first kappa shape index (κ1) is 21.4. The third kappa shape index (κ3) is 3.71. The first-order valence-electron chi connectivity index (χ1n) is 10.3. The molecule has 31 heavy (non-hydrogen) atoms. The Morgan fingerprint density at radius 3 is 2.29 bits per heavy atom. The van der Waals surface area contributed by atoms with Crippen molar-refractivity contribution in [2.24, 2.45) is 0 Å². The van der Waals surface area contributed by atoms with E-state index in [2.05, 4.69) is 17.4 Å². The van der Waals surface area contributed by atoms with Crippen molar-refractivity contribution in [2.75, 3.05) is 0 Å². The van der Waals surface area contributed by atoms with Gasteiger partial charge in [-0.15, -0.1) is 11.8 Å². The van der Waals surface area contributed by atoms with Gasteiger partial charge in [-0.05, 0) is 43.9 Å². The highest BCUT2D eigenvalue weighted by Crippen LogP contribution is 2.54. The highest BCUT2D eigenvalue weighted by molar-refractivity contribution is 8.01. The number of carbonyl (C=O) groups excluding carboxylic acids is 2. The number of hydrogen-bond donors (Lipinski definition) is 2. The van der Waals surface area contributed by atoms with Crippen LogP contribution < -0.4 is 5.32 Å². The minimum atomic E-state index is -1.10. The van der Waals surface area contributed by atoms with Gasteiger partial charge in [0.1, 0.15) is 17.0 Å². The van der Waals surface area contributed by atoms with E-state index in [0.717, 1.165) is 23.1 Å². The predicted octanol–water partition coefficient (Wildman–Crippen LogP) is 2.84. The van der Waals surface area contributed by atoms with Crippen molar-refractivity contribution >= 4 is 29.5 Å². The van der Waals surface area contributed by atoms with Crippen molar-refractivity contribution in [1.29, 1.82) is 0 Å². The second-order valence-corrected chi connectivity index (χ2v) is 10.6. The molecule has 2 saturated heterocycles. The first-order chi connectivity index (χ1) is 14.6. The molecule has 2 aliphatic heterocycles. The third-order valence-electron chi connectivity index (χ3n) is 6.12. The van der Waals surface area contributed by atoms with Crippen molar-refractivity contribution in [1.82, 2.24) is 10.2 Å². The van der Waals surface area contributed by atoms with E-state index in [1.165, 1.54) is 16.7 Å². The van der Waals surface area contributed by atoms with Crippen LogP contribution in [0.15, 0.2) is 54.6 Å². The van der Waals surface area contributed by atoms with E-state index in [1.54, 1.807) is 6.92 Å². The molecule has 0 bridgehead atoms. The molecule has 0 aromatic heterocycles. The van der Waals surface area contributed by atoms with Gasteiger partial charge in [0.05, 0.1) is 6.42 Å². The van der Waals surface area contributed by atoms with Crippen molar-refractivity contribution in [2.45, 2.75) is 55.3 Å². The summed E-state index contributed by atoms with van der Waals surface area (Å²) in [4.78, 5) is 38.9. The van der Waals surface area contributed by atoms with E-state index < -0.39 is 22.3 Å². The maximum absolute atomic E-state index is 12.9. The number of amides is 2. The zero-order valence-electron chi connectivity index (χ0n) is 17.8. The van der Waals surface area contributed by atoms with Crippen LogP contribution in [0.4, 0.5) is 0 Å². The van der Waals surface area contributed by atoms with Crippen LogP contribution >= 0.6 is 11.8 Å². The van der Waals surface area contributed by atoms with E-state index in [0.29, 0.717) is 0 Å². The van der Waals surface area contributed by atoms with E-state index in [4.69, 9.17) is 0 Å². The Bertz CT molecular complexity index is 1040. The minimum absolute atomic E-state index is 0.162. The highest BCUT2D eigenvalue weighted by atomic mass is 32.2. The number of nitrogens with zero attached hydrogens (tertiary/aromatic N) is 1. The molecular formula is C24H26N2O4S. The van der Waals surface area contributed by atoms with Crippen LogP contribution in [0, 0.1) is 0 Å². The summed E-state index contributed by atoms with van der Waals surface area (Å²) in [5.74, 6) is -1.60. The Kier molecular flexibility index (Phi) is 5.33. The number of rotatable bonds is 6. The Morgan fingerprint density at radius 2 is 1.65 bits per heavy atom. The Morgan fingerprint density at radius 1 is 1.03 bits per heavy atom. The lowest BCUT2D eigenvalue weighted by Gasteiger charge is -2.51. The number of aliphatic carboxylic acids is 1. The fraction of sp³-hybridized carbons (Fsp3) is 0.375. The van der Waals surface area contributed by atoms with Crippen LogP contribution in [0.25, 0.3) is 0 Å². The second-order valence-electron chi connectivity index (χ2n) is 8.89. The topological polar surface area (TPSA) is 86.7 Å². The number of carboxylic acid groups (broad SMARTS) is 1. The molecule has 3 atom stereocenters. The van der Waals surface area contributed by atoms with Crippen LogP contribution in [0.5, 0.6) is 0 Å². The molecule has 6 nitrogen and oxygen atoms in total. The number of β-lactam (4-membered cyclic amide) rings is 1. The molecule has 0 aliphatic carbocycles. The molecule has 4 rings (SSSR count). The summed E-state index contributed by atoms with van der Waals surface area (Å²) in [5.41, 5.74) is 2.05. The van der Waals surface area contributed by atoms with Crippen LogP contribution in [-0.4, -0.2) is 49.5 Å². The average Bonchev–Trinajstić information content (AvgIpc) is 2.99. The van der Waals surface area contributed by atoms with Gasteiger partial charge in [-0.2, -0.15) is 0 Å². The van der Waals surface area contributed by atoms with Gasteiger partial charge in [-0.3, -0.25) is 9.59 Å². The molecule has 0 saturated carbocycles. The fourth-order valence-corrected chi connectivity index (χ4v) is 6.21. The quantitative estimate of drug-likeness (QED) is 0.678. The van der Waals surface area contributed by atoms with Crippen molar-refractivity contribution < 1.29 is 19.5 Å². The van der Waals surface area contributed by atoms with Gasteiger partial charge in [0.15, 0.2) is 0 Å². The molecule has 0 unspecified atom stereocenters. The lowest BCUT2D eigenvalue weighted by molar-refractivity contribution is -0.167. The summed E-state index contributed by atoms with van der Waals surface area (Å²) in [7, 11) is 0. The molecule has 2 N–H and O–H groups in total. The van der Waals surface area contributed by atoms with Gasteiger partial charge >= 0.3 is 5.97 Å². The number of carboxylic acids is 1. The first-order valence-corrected chi connectivity index (χ1v) is 11.2. The molecule has 0 spiro atoms. The number of benzene rings is 2. The zero-order valence-corrected chi connectivity index (χ0v) is 18.6. The van der Waals surface area contributed by atoms with Crippen molar-refractivity contribution in [3.05, 3.63) is 71.3 Å². The SMILES string of the molecule is CC1(C)S[C@H]2N(C(=O)[C@]2(C)NC(=O)Cc2ccccc2Cc2ccccc2)[C@H]1C(=O)O. The lowest BCUT2D eigenvalue weighted by Crippen LogP contribution is -2.78. The summed E-state index contributed by atoms with van der Waals surface area (Å²) < 4.78 is -0.628. The summed E-state index contributed by atoms with van der Waals surface area (Å²) in [6.07, 6.45) is 0.885.